The minimum absolute atomic E-state index is 0.0192. The van der Waals surface area contributed by atoms with Gasteiger partial charge >= 0.3 is 6.18 Å². The molecule has 9 heteroatoms. The van der Waals surface area contributed by atoms with Crippen LogP contribution in [-0.2, 0) is 18.2 Å². The fourth-order valence-corrected chi connectivity index (χ4v) is 1.40. The van der Waals surface area contributed by atoms with Crippen LogP contribution in [0.25, 0.3) is 0 Å². The first-order valence-corrected chi connectivity index (χ1v) is 5.36. The molecule has 0 aliphatic rings. The Bertz CT molecular complexity index is 354. The third kappa shape index (κ3) is 5.94. The van der Waals surface area contributed by atoms with Gasteiger partial charge in [0, 0.05) is 32.3 Å². The van der Waals surface area contributed by atoms with E-state index < -0.39 is 12.8 Å². The highest BCUT2D eigenvalue weighted by Gasteiger charge is 2.27. The summed E-state index contributed by atoms with van der Waals surface area (Å²) in [5, 5.41) is 7.62. The summed E-state index contributed by atoms with van der Waals surface area (Å²) in [4.78, 5) is 0. The van der Waals surface area contributed by atoms with Crippen LogP contribution in [-0.4, -0.2) is 40.4 Å². The maximum Gasteiger partial charge on any atom is 0.411 e. The van der Waals surface area contributed by atoms with E-state index in [-0.39, 0.29) is 12.6 Å². The van der Waals surface area contributed by atoms with Crippen LogP contribution in [0.4, 0.5) is 13.2 Å². The van der Waals surface area contributed by atoms with E-state index in [1.807, 2.05) is 0 Å². The molecule has 0 radical (unpaired) electrons. The molecule has 0 spiro atoms. The van der Waals surface area contributed by atoms with Crippen LogP contribution >= 0.6 is 0 Å². The standard InChI is InChI=1S/C9H16F3N5O/c1-17-5-8(15-16-17)4-7(14-13)2-3-18-6-9(10,11)12/h5,7,14H,2-4,6,13H2,1H3. The second-order valence-electron chi connectivity index (χ2n) is 3.91. The van der Waals surface area contributed by atoms with Crippen LogP contribution in [0, 0.1) is 0 Å². The molecule has 0 aliphatic carbocycles. The van der Waals surface area contributed by atoms with Crippen LogP contribution in [0.15, 0.2) is 6.20 Å². The zero-order chi connectivity index (χ0) is 13.6. The molecule has 3 N–H and O–H groups in total. The minimum Gasteiger partial charge on any atom is -0.372 e. The number of halogens is 3. The second kappa shape index (κ2) is 6.66. The zero-order valence-electron chi connectivity index (χ0n) is 9.94. The van der Waals surface area contributed by atoms with E-state index >= 15 is 0 Å². The molecule has 0 aliphatic heterocycles. The summed E-state index contributed by atoms with van der Waals surface area (Å²) in [7, 11) is 1.73. The molecule has 0 amide bonds. The van der Waals surface area contributed by atoms with Crippen LogP contribution < -0.4 is 11.3 Å². The van der Waals surface area contributed by atoms with Crippen molar-refractivity contribution in [2.24, 2.45) is 12.9 Å². The van der Waals surface area contributed by atoms with E-state index in [0.717, 1.165) is 5.69 Å². The predicted molar refractivity (Wildman–Crippen MR) is 57.3 cm³/mol. The molecule has 104 valence electrons. The lowest BCUT2D eigenvalue weighted by Crippen LogP contribution is -2.38. The Morgan fingerprint density at radius 1 is 1.56 bits per heavy atom. The molecule has 1 heterocycles. The van der Waals surface area contributed by atoms with E-state index in [9.17, 15) is 13.2 Å². The number of ether oxygens (including phenoxy) is 1. The molecule has 0 saturated carbocycles. The van der Waals surface area contributed by atoms with Gasteiger partial charge in [-0.05, 0) is 6.42 Å². The SMILES string of the molecule is Cn1cc(CC(CCOCC(F)(F)F)NN)nn1. The third-order valence-corrected chi connectivity index (χ3v) is 2.22. The van der Waals surface area contributed by atoms with Gasteiger partial charge in [-0.25, -0.2) is 0 Å². The van der Waals surface area contributed by atoms with E-state index in [4.69, 9.17) is 5.84 Å². The van der Waals surface area contributed by atoms with Crippen molar-refractivity contribution < 1.29 is 17.9 Å². The first kappa shape index (κ1) is 14.9. The number of alkyl halides is 3. The van der Waals surface area contributed by atoms with Crippen molar-refractivity contribution in [3.63, 3.8) is 0 Å². The van der Waals surface area contributed by atoms with Crippen molar-refractivity contribution in [2.75, 3.05) is 13.2 Å². The van der Waals surface area contributed by atoms with Gasteiger partial charge in [-0.2, -0.15) is 13.2 Å². The summed E-state index contributed by atoms with van der Waals surface area (Å²) in [6.45, 7) is -1.26. The molecule has 1 atom stereocenters. The number of aryl methyl sites for hydroxylation is 1. The summed E-state index contributed by atoms with van der Waals surface area (Å²) in [5.41, 5.74) is 3.24. The van der Waals surface area contributed by atoms with Gasteiger partial charge in [-0.15, -0.1) is 5.10 Å². The van der Waals surface area contributed by atoms with E-state index in [1.54, 1.807) is 17.9 Å². The number of nitrogens with zero attached hydrogens (tertiary/aromatic N) is 3. The van der Waals surface area contributed by atoms with Crippen molar-refractivity contribution in [3.05, 3.63) is 11.9 Å². The van der Waals surface area contributed by atoms with Crippen LogP contribution in [0.1, 0.15) is 12.1 Å². The Hall–Kier alpha value is -1.19. The van der Waals surface area contributed by atoms with Crippen LogP contribution in [0.5, 0.6) is 0 Å². The fraction of sp³-hybridized carbons (Fsp3) is 0.778. The highest BCUT2D eigenvalue weighted by molar-refractivity contribution is 4.95. The molecule has 0 fully saturated rings. The van der Waals surface area contributed by atoms with Gasteiger partial charge in [-0.1, -0.05) is 5.21 Å². The quantitative estimate of drug-likeness (QED) is 0.418. The van der Waals surface area contributed by atoms with Gasteiger partial charge in [0.1, 0.15) is 6.61 Å². The Labute approximate surface area is 102 Å². The molecule has 0 saturated heterocycles. The van der Waals surface area contributed by atoms with Crippen molar-refractivity contribution in [1.29, 1.82) is 0 Å². The van der Waals surface area contributed by atoms with E-state index in [0.29, 0.717) is 12.8 Å². The Kier molecular flexibility index (Phi) is 5.51. The maximum atomic E-state index is 11.8. The smallest absolute Gasteiger partial charge is 0.372 e. The minimum atomic E-state index is -4.30. The third-order valence-electron chi connectivity index (χ3n) is 2.22. The topological polar surface area (TPSA) is 78.0 Å². The number of nitrogens with two attached hydrogens (primary N) is 1. The predicted octanol–water partition coefficient (Wildman–Crippen LogP) is 0.159. The van der Waals surface area contributed by atoms with Gasteiger partial charge in [0.25, 0.3) is 0 Å². The lowest BCUT2D eigenvalue weighted by Gasteiger charge is -2.14. The molecule has 1 aromatic rings. The first-order valence-electron chi connectivity index (χ1n) is 5.36. The zero-order valence-corrected chi connectivity index (χ0v) is 9.94. The maximum absolute atomic E-state index is 11.8. The Balaban J connectivity index is 2.25. The number of rotatable bonds is 7. The highest BCUT2D eigenvalue weighted by atomic mass is 19.4. The number of hydrazine groups is 1. The summed E-state index contributed by atoms with van der Waals surface area (Å²) >= 11 is 0. The largest absolute Gasteiger partial charge is 0.411 e. The van der Waals surface area contributed by atoms with Gasteiger partial charge < -0.3 is 4.74 Å². The monoisotopic (exact) mass is 267 g/mol. The molecule has 0 bridgehead atoms. The summed E-state index contributed by atoms with van der Waals surface area (Å²) in [6, 6.07) is -0.199. The van der Waals surface area contributed by atoms with Crippen LogP contribution in [0.2, 0.25) is 0 Å². The highest BCUT2D eigenvalue weighted by Crippen LogP contribution is 2.14. The Morgan fingerprint density at radius 2 is 2.28 bits per heavy atom. The van der Waals surface area contributed by atoms with E-state index in [1.165, 1.54) is 0 Å². The molecule has 1 aromatic heterocycles. The molecule has 1 unspecified atom stereocenters. The van der Waals surface area contributed by atoms with Crippen molar-refractivity contribution in [3.8, 4) is 0 Å². The number of hydrogen-bond donors (Lipinski definition) is 2. The number of aromatic nitrogens is 3. The lowest BCUT2D eigenvalue weighted by molar-refractivity contribution is -0.174. The van der Waals surface area contributed by atoms with Gasteiger partial charge in [0.2, 0.25) is 0 Å². The summed E-state index contributed by atoms with van der Waals surface area (Å²) in [6.07, 6.45) is -1.72. The van der Waals surface area contributed by atoms with Crippen molar-refractivity contribution >= 4 is 0 Å². The fourth-order valence-electron chi connectivity index (χ4n) is 1.40. The summed E-state index contributed by atoms with van der Waals surface area (Å²) in [5.74, 6) is 5.31. The molecule has 6 nitrogen and oxygen atoms in total. The molecule has 18 heavy (non-hydrogen) atoms. The average molecular weight is 267 g/mol. The summed E-state index contributed by atoms with van der Waals surface area (Å²) < 4.78 is 41.5. The molecule has 0 aromatic carbocycles. The van der Waals surface area contributed by atoms with E-state index in [2.05, 4.69) is 20.5 Å². The Morgan fingerprint density at radius 3 is 2.78 bits per heavy atom. The van der Waals surface area contributed by atoms with Gasteiger partial charge in [0.05, 0.1) is 5.69 Å². The number of nitrogens with one attached hydrogen (secondary N) is 1. The second-order valence-corrected chi connectivity index (χ2v) is 3.91. The normalized spacial score (nSPS) is 13.8. The van der Waals surface area contributed by atoms with Gasteiger partial charge in [0.15, 0.2) is 0 Å². The molecule has 1 rings (SSSR count). The van der Waals surface area contributed by atoms with Crippen LogP contribution in [0.3, 0.4) is 0 Å². The first-order chi connectivity index (χ1) is 8.40. The molecular formula is C9H16F3N5O. The van der Waals surface area contributed by atoms with Crippen molar-refractivity contribution in [2.45, 2.75) is 25.1 Å². The molecular weight excluding hydrogens is 251 g/mol. The van der Waals surface area contributed by atoms with Gasteiger partial charge in [-0.3, -0.25) is 16.0 Å². The number of hydrogen-bond acceptors (Lipinski definition) is 5. The van der Waals surface area contributed by atoms with Crippen molar-refractivity contribution in [1.82, 2.24) is 20.4 Å². The average Bonchev–Trinajstić information content (AvgIpc) is 2.67. The lowest BCUT2D eigenvalue weighted by atomic mass is 10.1.